The number of rotatable bonds is 7. The summed E-state index contributed by atoms with van der Waals surface area (Å²) >= 11 is 0. The van der Waals surface area contributed by atoms with Crippen LogP contribution in [-0.4, -0.2) is 36.8 Å². The number of esters is 1. The highest BCUT2D eigenvalue weighted by Gasteiger charge is 2.21. The first kappa shape index (κ1) is 19.9. The van der Waals surface area contributed by atoms with Crippen LogP contribution in [0.25, 0.3) is 0 Å². The Morgan fingerprint density at radius 2 is 1.44 bits per heavy atom. The summed E-state index contributed by atoms with van der Waals surface area (Å²) in [6, 6.07) is 0. The molecule has 1 atom stereocenters. The second kappa shape index (κ2) is 13.0. The molecule has 3 nitrogen and oxygen atoms in total. The maximum atomic E-state index is 11.0. The minimum Gasteiger partial charge on any atom is -0.465 e. The summed E-state index contributed by atoms with van der Waals surface area (Å²) in [4.78, 5) is 21.8. The Balaban J connectivity index is 0. The van der Waals surface area contributed by atoms with E-state index in [1.54, 1.807) is 13.8 Å². The van der Waals surface area contributed by atoms with Crippen molar-refractivity contribution in [1.82, 2.24) is 0 Å². The van der Waals surface area contributed by atoms with E-state index < -0.39 is 11.9 Å². The Labute approximate surface area is 113 Å². The van der Waals surface area contributed by atoms with Crippen LogP contribution in [0.3, 0.4) is 0 Å². The van der Waals surface area contributed by atoms with Crippen molar-refractivity contribution < 1.29 is 14.3 Å². The Morgan fingerprint density at radius 1 is 1.00 bits per heavy atom. The van der Waals surface area contributed by atoms with E-state index in [1.165, 1.54) is 25.4 Å². The molecular formula is C14H29O3P. The fraction of sp³-hybridized carbons (Fsp3) is 0.857. The van der Waals surface area contributed by atoms with Crippen molar-refractivity contribution in [3.8, 4) is 0 Å². The highest BCUT2D eigenvalue weighted by atomic mass is 31.1. The number of Topliss-reactive ketones (excluding diaryl/α,β-unsaturated/α-hetero) is 1. The van der Waals surface area contributed by atoms with Gasteiger partial charge in [-0.2, -0.15) is 0 Å². The number of hydrogen-bond donors (Lipinski definition) is 0. The monoisotopic (exact) mass is 276 g/mol. The van der Waals surface area contributed by atoms with Gasteiger partial charge in [-0.3, -0.25) is 9.59 Å². The molecule has 0 aromatic carbocycles. The van der Waals surface area contributed by atoms with Crippen LogP contribution in [0.15, 0.2) is 0 Å². The van der Waals surface area contributed by atoms with Crippen molar-refractivity contribution >= 4 is 19.7 Å². The largest absolute Gasteiger partial charge is 0.465 e. The van der Waals surface area contributed by atoms with Gasteiger partial charge in [0.05, 0.1) is 6.61 Å². The SMILES string of the molecule is CCOC(=O)C(CC)C(C)=O.CCP(CC)CC. The van der Waals surface area contributed by atoms with Gasteiger partial charge < -0.3 is 4.74 Å². The van der Waals surface area contributed by atoms with Crippen LogP contribution < -0.4 is 0 Å². The van der Waals surface area contributed by atoms with Crippen molar-refractivity contribution in [2.45, 2.75) is 48.0 Å². The average Bonchev–Trinajstić information content (AvgIpc) is 2.33. The lowest BCUT2D eigenvalue weighted by Crippen LogP contribution is -2.23. The van der Waals surface area contributed by atoms with Crippen molar-refractivity contribution in [3.05, 3.63) is 0 Å². The number of ether oxygens (including phenoxy) is 1. The lowest BCUT2D eigenvalue weighted by atomic mass is 10.0. The molecule has 0 aromatic rings. The molecule has 108 valence electrons. The van der Waals surface area contributed by atoms with E-state index in [9.17, 15) is 9.59 Å². The lowest BCUT2D eigenvalue weighted by molar-refractivity contribution is -0.151. The molecule has 0 saturated heterocycles. The third-order valence-electron chi connectivity index (χ3n) is 2.81. The zero-order valence-electron chi connectivity index (χ0n) is 12.8. The molecule has 0 aliphatic carbocycles. The molecule has 0 fully saturated rings. The van der Waals surface area contributed by atoms with Crippen molar-refractivity contribution in [2.24, 2.45) is 5.92 Å². The van der Waals surface area contributed by atoms with E-state index in [1.807, 2.05) is 0 Å². The molecule has 0 aliphatic heterocycles. The Morgan fingerprint density at radius 3 is 1.61 bits per heavy atom. The maximum Gasteiger partial charge on any atom is 0.316 e. The standard InChI is InChI=1S/C8H14O3.C6H15P/c1-4-7(6(3)9)8(10)11-5-2;1-4-7(5-2)6-3/h7H,4-5H2,1-3H3;4-6H2,1-3H3. The topological polar surface area (TPSA) is 43.4 Å². The zero-order chi connectivity index (χ0) is 14.6. The highest BCUT2D eigenvalue weighted by Crippen LogP contribution is 2.32. The van der Waals surface area contributed by atoms with E-state index in [0.717, 1.165) is 0 Å². The van der Waals surface area contributed by atoms with Crippen molar-refractivity contribution in [3.63, 3.8) is 0 Å². The summed E-state index contributed by atoms with van der Waals surface area (Å²) < 4.78 is 4.70. The molecule has 0 rings (SSSR count). The molecule has 0 aliphatic rings. The normalized spacial score (nSPS) is 11.5. The second-order valence-electron chi connectivity index (χ2n) is 3.94. The van der Waals surface area contributed by atoms with Gasteiger partial charge in [0.25, 0.3) is 0 Å². The van der Waals surface area contributed by atoms with Gasteiger partial charge in [-0.25, -0.2) is 0 Å². The Hall–Kier alpha value is -0.430. The summed E-state index contributed by atoms with van der Waals surface area (Å²) in [7, 11) is 0.446. The minimum atomic E-state index is -0.560. The van der Waals surface area contributed by atoms with Gasteiger partial charge in [0, 0.05) is 0 Å². The van der Waals surface area contributed by atoms with Gasteiger partial charge in [-0.05, 0) is 38.8 Å². The highest BCUT2D eigenvalue weighted by molar-refractivity contribution is 7.57. The fourth-order valence-electron chi connectivity index (χ4n) is 1.53. The van der Waals surface area contributed by atoms with Gasteiger partial charge in [-0.15, -0.1) is 7.92 Å². The summed E-state index contributed by atoms with van der Waals surface area (Å²) in [5.41, 5.74) is 0. The number of hydrogen-bond acceptors (Lipinski definition) is 3. The molecule has 18 heavy (non-hydrogen) atoms. The van der Waals surface area contributed by atoms with Crippen LogP contribution in [0.4, 0.5) is 0 Å². The molecule has 0 spiro atoms. The molecule has 0 aromatic heterocycles. The van der Waals surface area contributed by atoms with E-state index >= 15 is 0 Å². The summed E-state index contributed by atoms with van der Waals surface area (Å²) in [5, 5.41) is 0. The van der Waals surface area contributed by atoms with E-state index in [0.29, 0.717) is 20.9 Å². The van der Waals surface area contributed by atoms with Gasteiger partial charge >= 0.3 is 5.97 Å². The van der Waals surface area contributed by atoms with E-state index in [4.69, 9.17) is 4.74 Å². The first-order valence-corrected chi connectivity index (χ1v) is 8.77. The smallest absolute Gasteiger partial charge is 0.316 e. The molecule has 0 saturated carbocycles. The minimum absolute atomic E-state index is 0.119. The van der Waals surface area contributed by atoms with Crippen LogP contribution in [0.5, 0.6) is 0 Å². The fourth-order valence-corrected chi connectivity index (χ4v) is 2.88. The molecule has 1 unspecified atom stereocenters. The number of carbonyl (C=O) groups excluding carboxylic acids is 2. The molecular weight excluding hydrogens is 247 g/mol. The predicted octanol–water partition coefficient (Wildman–Crippen LogP) is 3.69. The van der Waals surface area contributed by atoms with Crippen molar-refractivity contribution in [2.75, 3.05) is 25.1 Å². The molecule has 0 bridgehead atoms. The molecule has 4 heteroatoms. The maximum absolute atomic E-state index is 11.0. The van der Waals surface area contributed by atoms with Crippen LogP contribution in [0.1, 0.15) is 48.0 Å². The van der Waals surface area contributed by atoms with Crippen molar-refractivity contribution in [1.29, 1.82) is 0 Å². The Bertz CT molecular complexity index is 220. The van der Waals surface area contributed by atoms with E-state index in [2.05, 4.69) is 20.8 Å². The summed E-state index contributed by atoms with van der Waals surface area (Å²) in [5.74, 6) is -1.08. The van der Waals surface area contributed by atoms with Crippen LogP contribution in [0.2, 0.25) is 0 Å². The first-order valence-electron chi connectivity index (χ1n) is 6.87. The Kier molecular flexibility index (Phi) is 14.4. The average molecular weight is 276 g/mol. The predicted molar refractivity (Wildman–Crippen MR) is 79.6 cm³/mol. The molecule has 0 radical (unpaired) electrons. The second-order valence-corrected chi connectivity index (χ2v) is 7.18. The third-order valence-corrected chi connectivity index (χ3v) is 5.50. The van der Waals surface area contributed by atoms with E-state index in [-0.39, 0.29) is 5.78 Å². The lowest BCUT2D eigenvalue weighted by Gasteiger charge is -2.08. The quantitative estimate of drug-likeness (QED) is 0.404. The number of carbonyl (C=O) groups is 2. The molecule has 0 N–H and O–H groups in total. The third kappa shape index (κ3) is 9.58. The van der Waals surface area contributed by atoms with Gasteiger partial charge in [-0.1, -0.05) is 27.7 Å². The van der Waals surface area contributed by atoms with Gasteiger partial charge in [0.2, 0.25) is 0 Å². The van der Waals surface area contributed by atoms with Crippen LogP contribution >= 0.6 is 7.92 Å². The number of ketones is 1. The first-order chi connectivity index (χ1) is 8.48. The molecule has 0 heterocycles. The molecule has 0 amide bonds. The van der Waals surface area contributed by atoms with Crippen LogP contribution in [-0.2, 0) is 14.3 Å². The summed E-state index contributed by atoms with van der Waals surface area (Å²) in [6.07, 6.45) is 4.78. The zero-order valence-corrected chi connectivity index (χ0v) is 13.7. The van der Waals surface area contributed by atoms with Crippen LogP contribution in [0, 0.1) is 5.92 Å². The van der Waals surface area contributed by atoms with Gasteiger partial charge in [0.1, 0.15) is 11.7 Å². The van der Waals surface area contributed by atoms with Gasteiger partial charge in [0.15, 0.2) is 0 Å². The summed E-state index contributed by atoms with van der Waals surface area (Å²) in [6.45, 7) is 12.1.